The number of nitrogens with zero attached hydrogens (tertiary/aromatic N) is 2. The van der Waals surface area contributed by atoms with Gasteiger partial charge in [-0.15, -0.1) is 0 Å². The molecule has 0 aliphatic rings. The lowest BCUT2D eigenvalue weighted by Crippen LogP contribution is -2.05. The molecule has 0 fully saturated rings. The van der Waals surface area contributed by atoms with Gasteiger partial charge in [-0.2, -0.15) is 5.10 Å². The molecule has 0 aliphatic carbocycles. The van der Waals surface area contributed by atoms with Gasteiger partial charge in [0.15, 0.2) is 0 Å². The molecule has 3 heteroatoms. The Labute approximate surface area is 115 Å². The molecular weight excluding hydrogens is 234 g/mol. The number of hydrogen-bond acceptors (Lipinski definition) is 2. The minimum atomic E-state index is 0.415. The number of aromatic nitrogens is 2. The molecule has 19 heavy (non-hydrogen) atoms. The summed E-state index contributed by atoms with van der Waals surface area (Å²) >= 11 is 0. The smallest absolute Gasteiger partial charge is 0.0815 e. The highest BCUT2D eigenvalue weighted by molar-refractivity contribution is 5.46. The molecule has 1 aromatic heterocycles. The van der Waals surface area contributed by atoms with Crippen LogP contribution in [-0.4, -0.2) is 9.78 Å². The van der Waals surface area contributed by atoms with Crippen LogP contribution in [0.25, 0.3) is 0 Å². The van der Waals surface area contributed by atoms with Crippen LogP contribution >= 0.6 is 0 Å². The van der Waals surface area contributed by atoms with Crippen molar-refractivity contribution < 1.29 is 0 Å². The lowest BCUT2D eigenvalue weighted by atomic mass is 10.0. The summed E-state index contributed by atoms with van der Waals surface area (Å²) in [6, 6.07) is 11.1. The molecule has 0 amide bonds. The molecule has 0 atom stereocenters. The number of hydrogen-bond donors (Lipinski definition) is 1. The van der Waals surface area contributed by atoms with Gasteiger partial charge in [-0.25, -0.2) is 0 Å². The summed E-state index contributed by atoms with van der Waals surface area (Å²) in [6.45, 7) is 9.46. The SMILES string of the molecule is CC(C)c1cccc(NCc2ccn(C(C)C)n2)c1. The third-order valence-electron chi connectivity index (χ3n) is 3.22. The highest BCUT2D eigenvalue weighted by atomic mass is 15.3. The van der Waals surface area contributed by atoms with Crippen LogP contribution in [0.2, 0.25) is 0 Å². The molecule has 2 aromatic rings. The molecule has 1 N–H and O–H groups in total. The van der Waals surface area contributed by atoms with Gasteiger partial charge >= 0.3 is 0 Å². The first-order valence-electron chi connectivity index (χ1n) is 6.94. The Kier molecular flexibility index (Phi) is 4.25. The zero-order chi connectivity index (χ0) is 13.8. The van der Waals surface area contributed by atoms with Gasteiger partial charge in [0.1, 0.15) is 0 Å². The van der Waals surface area contributed by atoms with Crippen molar-refractivity contribution in [2.45, 2.75) is 46.2 Å². The lowest BCUT2D eigenvalue weighted by molar-refractivity contribution is 0.527. The quantitative estimate of drug-likeness (QED) is 0.870. The van der Waals surface area contributed by atoms with Gasteiger partial charge in [0.25, 0.3) is 0 Å². The largest absolute Gasteiger partial charge is 0.379 e. The van der Waals surface area contributed by atoms with E-state index < -0.39 is 0 Å². The maximum atomic E-state index is 4.54. The van der Waals surface area contributed by atoms with Crippen molar-refractivity contribution in [1.29, 1.82) is 0 Å². The van der Waals surface area contributed by atoms with Crippen LogP contribution in [0.5, 0.6) is 0 Å². The normalized spacial score (nSPS) is 11.3. The molecule has 3 nitrogen and oxygen atoms in total. The van der Waals surface area contributed by atoms with Crippen LogP contribution in [0.3, 0.4) is 0 Å². The van der Waals surface area contributed by atoms with Crippen LogP contribution in [0.4, 0.5) is 5.69 Å². The van der Waals surface area contributed by atoms with Gasteiger partial charge in [0, 0.05) is 17.9 Å². The Balaban J connectivity index is 1.99. The van der Waals surface area contributed by atoms with Crippen molar-refractivity contribution in [1.82, 2.24) is 9.78 Å². The minimum absolute atomic E-state index is 0.415. The zero-order valence-electron chi connectivity index (χ0n) is 12.2. The summed E-state index contributed by atoms with van der Waals surface area (Å²) in [5.41, 5.74) is 3.59. The topological polar surface area (TPSA) is 29.9 Å². The molecule has 0 saturated heterocycles. The predicted molar refractivity (Wildman–Crippen MR) is 80.5 cm³/mol. The van der Waals surface area contributed by atoms with Crippen molar-refractivity contribution >= 4 is 5.69 Å². The molecule has 1 aromatic carbocycles. The van der Waals surface area contributed by atoms with E-state index in [-0.39, 0.29) is 0 Å². The first-order valence-corrected chi connectivity index (χ1v) is 6.94. The van der Waals surface area contributed by atoms with Crippen LogP contribution in [0.15, 0.2) is 36.5 Å². The Morgan fingerprint density at radius 3 is 2.58 bits per heavy atom. The maximum Gasteiger partial charge on any atom is 0.0815 e. The van der Waals surface area contributed by atoms with E-state index in [9.17, 15) is 0 Å². The summed E-state index contributed by atoms with van der Waals surface area (Å²) in [6.07, 6.45) is 2.03. The van der Waals surface area contributed by atoms with Gasteiger partial charge < -0.3 is 5.32 Å². The summed E-state index contributed by atoms with van der Waals surface area (Å²) in [5.74, 6) is 0.557. The van der Waals surface area contributed by atoms with Crippen molar-refractivity contribution in [3.63, 3.8) is 0 Å². The van der Waals surface area contributed by atoms with Crippen LogP contribution < -0.4 is 5.32 Å². The highest BCUT2D eigenvalue weighted by Crippen LogP contribution is 2.19. The van der Waals surface area contributed by atoms with Crippen molar-refractivity contribution in [3.8, 4) is 0 Å². The fourth-order valence-corrected chi connectivity index (χ4v) is 1.96. The molecule has 0 unspecified atom stereocenters. The van der Waals surface area contributed by atoms with E-state index in [0.29, 0.717) is 12.0 Å². The fourth-order valence-electron chi connectivity index (χ4n) is 1.96. The van der Waals surface area contributed by atoms with E-state index >= 15 is 0 Å². The molecule has 0 radical (unpaired) electrons. The van der Waals surface area contributed by atoms with Gasteiger partial charge in [0.05, 0.1) is 12.2 Å². The molecule has 2 rings (SSSR count). The Morgan fingerprint density at radius 2 is 1.95 bits per heavy atom. The average molecular weight is 257 g/mol. The van der Waals surface area contributed by atoms with Gasteiger partial charge in [-0.3, -0.25) is 4.68 Å². The predicted octanol–water partition coefficient (Wildman–Crippen LogP) is 4.20. The van der Waals surface area contributed by atoms with E-state index in [1.165, 1.54) is 5.56 Å². The van der Waals surface area contributed by atoms with E-state index in [4.69, 9.17) is 0 Å². The monoisotopic (exact) mass is 257 g/mol. The lowest BCUT2D eigenvalue weighted by Gasteiger charge is -2.09. The van der Waals surface area contributed by atoms with Crippen LogP contribution in [0.1, 0.15) is 50.9 Å². The Bertz CT molecular complexity index is 526. The minimum Gasteiger partial charge on any atom is -0.379 e. The molecule has 102 valence electrons. The van der Waals surface area contributed by atoms with E-state index in [1.54, 1.807) is 0 Å². The molecule has 0 saturated carbocycles. The highest BCUT2D eigenvalue weighted by Gasteiger charge is 2.03. The van der Waals surface area contributed by atoms with E-state index in [2.05, 4.69) is 68.4 Å². The van der Waals surface area contributed by atoms with Gasteiger partial charge in [0.2, 0.25) is 0 Å². The summed E-state index contributed by atoms with van der Waals surface area (Å²) in [5, 5.41) is 7.97. The van der Waals surface area contributed by atoms with E-state index in [1.807, 2.05) is 10.9 Å². The summed E-state index contributed by atoms with van der Waals surface area (Å²) < 4.78 is 1.99. The zero-order valence-corrected chi connectivity index (χ0v) is 12.2. The van der Waals surface area contributed by atoms with Crippen molar-refractivity contribution in [2.75, 3.05) is 5.32 Å². The van der Waals surface area contributed by atoms with Gasteiger partial charge in [-0.1, -0.05) is 26.0 Å². The Hall–Kier alpha value is -1.77. The number of nitrogens with one attached hydrogen (secondary N) is 1. The number of benzene rings is 1. The molecular formula is C16H23N3. The summed E-state index contributed by atoms with van der Waals surface area (Å²) in [7, 11) is 0. The van der Waals surface area contributed by atoms with Crippen molar-refractivity contribution in [3.05, 3.63) is 47.8 Å². The third kappa shape index (κ3) is 3.60. The van der Waals surface area contributed by atoms with Gasteiger partial charge in [-0.05, 0) is 43.5 Å². The number of rotatable bonds is 5. The first kappa shape index (κ1) is 13.7. The average Bonchev–Trinajstić information content (AvgIpc) is 2.85. The van der Waals surface area contributed by atoms with E-state index in [0.717, 1.165) is 17.9 Å². The first-order chi connectivity index (χ1) is 9.06. The molecule has 0 aliphatic heterocycles. The standard InChI is InChI=1S/C16H23N3/c1-12(2)14-6-5-7-15(10-14)17-11-16-8-9-19(18-16)13(3)4/h5-10,12-13,17H,11H2,1-4H3. The fraction of sp³-hybridized carbons (Fsp3) is 0.438. The number of anilines is 1. The van der Waals surface area contributed by atoms with Crippen molar-refractivity contribution in [2.24, 2.45) is 0 Å². The Morgan fingerprint density at radius 1 is 1.16 bits per heavy atom. The van der Waals surface area contributed by atoms with Crippen LogP contribution in [-0.2, 0) is 6.54 Å². The second-order valence-electron chi connectivity index (χ2n) is 5.51. The van der Waals surface area contributed by atoms with Crippen LogP contribution in [0, 0.1) is 0 Å². The maximum absolute atomic E-state index is 4.54. The second kappa shape index (κ2) is 5.91. The third-order valence-corrected chi connectivity index (χ3v) is 3.22. The molecule has 0 spiro atoms. The summed E-state index contributed by atoms with van der Waals surface area (Å²) in [4.78, 5) is 0. The second-order valence-corrected chi connectivity index (χ2v) is 5.51. The molecule has 0 bridgehead atoms. The molecule has 1 heterocycles.